The molecule has 154 valence electrons. The van der Waals surface area contributed by atoms with Crippen molar-refractivity contribution in [3.05, 3.63) is 35.9 Å². The molecule has 2 atom stereocenters. The smallest absolute Gasteiger partial charge is 0.222 e. The number of nitrogens with one attached hydrogen (secondary N) is 1. The van der Waals surface area contributed by atoms with Gasteiger partial charge in [0.15, 0.2) is 5.96 Å². The minimum absolute atomic E-state index is 0.310. The second kappa shape index (κ2) is 10.5. The second-order valence-corrected chi connectivity index (χ2v) is 7.99. The highest BCUT2D eigenvalue weighted by molar-refractivity contribution is 5.80. The highest BCUT2D eigenvalue weighted by atomic mass is 16.2. The van der Waals surface area contributed by atoms with E-state index in [0.717, 1.165) is 64.5 Å². The van der Waals surface area contributed by atoms with E-state index in [1.807, 2.05) is 4.90 Å². The van der Waals surface area contributed by atoms with Gasteiger partial charge in [0.2, 0.25) is 5.91 Å². The molecule has 0 aliphatic carbocycles. The molecular weight excluding hydrogens is 348 g/mol. The van der Waals surface area contributed by atoms with Gasteiger partial charge < -0.3 is 15.1 Å². The van der Waals surface area contributed by atoms with Crippen molar-refractivity contribution in [3.63, 3.8) is 0 Å². The molecule has 0 saturated carbocycles. The summed E-state index contributed by atoms with van der Waals surface area (Å²) >= 11 is 0. The van der Waals surface area contributed by atoms with E-state index < -0.39 is 0 Å². The van der Waals surface area contributed by atoms with Gasteiger partial charge in [-0.05, 0) is 43.6 Å². The Morgan fingerprint density at radius 2 is 2.04 bits per heavy atom. The lowest BCUT2D eigenvalue weighted by molar-refractivity contribution is -0.127. The van der Waals surface area contributed by atoms with Crippen LogP contribution in [0, 0.1) is 5.92 Å². The number of nitrogens with zero attached hydrogens (tertiary/aromatic N) is 3. The van der Waals surface area contributed by atoms with Crippen LogP contribution < -0.4 is 5.32 Å². The fourth-order valence-corrected chi connectivity index (χ4v) is 4.59. The van der Waals surface area contributed by atoms with Crippen LogP contribution in [0.3, 0.4) is 0 Å². The summed E-state index contributed by atoms with van der Waals surface area (Å²) in [7, 11) is 0. The number of hydrogen-bond acceptors (Lipinski definition) is 2. The lowest BCUT2D eigenvalue weighted by atomic mass is 9.79. The molecule has 2 heterocycles. The SMILES string of the molecule is CCNC(=NCCCN1CCCC1=O)N1CCC(c2ccccc2)C(CC)C1. The summed E-state index contributed by atoms with van der Waals surface area (Å²) in [5, 5.41) is 3.48. The molecule has 2 fully saturated rings. The number of likely N-dealkylation sites (tertiary alicyclic amines) is 2. The number of aliphatic imine (C=N–C) groups is 1. The van der Waals surface area contributed by atoms with Crippen molar-refractivity contribution >= 4 is 11.9 Å². The molecule has 0 aromatic heterocycles. The predicted molar refractivity (Wildman–Crippen MR) is 116 cm³/mol. The van der Waals surface area contributed by atoms with Crippen LogP contribution in [-0.2, 0) is 4.79 Å². The standard InChI is InChI=1S/C23H36N4O/c1-3-19-18-27(17-13-21(19)20-10-6-5-7-11-20)23(24-4-2)25-14-9-16-26-15-8-12-22(26)28/h5-7,10-11,19,21H,3-4,8-9,12-18H2,1-2H3,(H,24,25). The Morgan fingerprint density at radius 1 is 1.21 bits per heavy atom. The highest BCUT2D eigenvalue weighted by Gasteiger charge is 2.30. The first-order valence-electron chi connectivity index (χ1n) is 11.1. The first kappa shape index (κ1) is 20.7. The van der Waals surface area contributed by atoms with Gasteiger partial charge in [0.25, 0.3) is 0 Å². The van der Waals surface area contributed by atoms with Crippen LogP contribution in [0.4, 0.5) is 0 Å². The minimum Gasteiger partial charge on any atom is -0.357 e. The van der Waals surface area contributed by atoms with Gasteiger partial charge in [-0.2, -0.15) is 0 Å². The molecular formula is C23H36N4O. The van der Waals surface area contributed by atoms with Crippen molar-refractivity contribution in [1.29, 1.82) is 0 Å². The average Bonchev–Trinajstić information content (AvgIpc) is 3.15. The number of hydrogen-bond donors (Lipinski definition) is 1. The maximum Gasteiger partial charge on any atom is 0.222 e. The summed E-state index contributed by atoms with van der Waals surface area (Å²) in [5.41, 5.74) is 1.48. The fraction of sp³-hybridized carbons (Fsp3) is 0.652. The summed E-state index contributed by atoms with van der Waals surface area (Å²) in [4.78, 5) is 21.1. The molecule has 2 unspecified atom stereocenters. The van der Waals surface area contributed by atoms with Crippen molar-refractivity contribution < 1.29 is 4.79 Å². The highest BCUT2D eigenvalue weighted by Crippen LogP contribution is 2.34. The topological polar surface area (TPSA) is 47.9 Å². The number of carbonyl (C=O) groups is 1. The number of amides is 1. The molecule has 5 nitrogen and oxygen atoms in total. The van der Waals surface area contributed by atoms with Gasteiger partial charge in [-0.25, -0.2) is 0 Å². The molecule has 3 rings (SSSR count). The third kappa shape index (κ3) is 5.27. The zero-order valence-electron chi connectivity index (χ0n) is 17.6. The van der Waals surface area contributed by atoms with Crippen molar-refractivity contribution in [2.75, 3.05) is 39.3 Å². The minimum atomic E-state index is 0.310. The van der Waals surface area contributed by atoms with Crippen molar-refractivity contribution in [2.45, 2.75) is 51.9 Å². The third-order valence-corrected chi connectivity index (χ3v) is 6.14. The number of benzene rings is 1. The summed E-state index contributed by atoms with van der Waals surface area (Å²) < 4.78 is 0. The summed E-state index contributed by atoms with van der Waals surface area (Å²) in [6.07, 6.45) is 5.04. The van der Waals surface area contributed by atoms with E-state index in [1.54, 1.807) is 0 Å². The van der Waals surface area contributed by atoms with Gasteiger partial charge in [-0.15, -0.1) is 0 Å². The van der Waals surface area contributed by atoms with Crippen LogP contribution in [-0.4, -0.2) is 60.9 Å². The Labute approximate surface area is 170 Å². The van der Waals surface area contributed by atoms with E-state index in [4.69, 9.17) is 4.99 Å². The van der Waals surface area contributed by atoms with Gasteiger partial charge in [0, 0.05) is 45.7 Å². The number of guanidine groups is 1. The quantitative estimate of drug-likeness (QED) is 0.445. The Hall–Kier alpha value is -2.04. The normalized spacial score (nSPS) is 23.4. The number of piperidine rings is 1. The Bertz CT molecular complexity index is 645. The fourth-order valence-electron chi connectivity index (χ4n) is 4.59. The molecule has 5 heteroatoms. The monoisotopic (exact) mass is 384 g/mol. The zero-order chi connectivity index (χ0) is 19.8. The van der Waals surface area contributed by atoms with Crippen LogP contribution in [0.25, 0.3) is 0 Å². The molecule has 0 spiro atoms. The molecule has 28 heavy (non-hydrogen) atoms. The van der Waals surface area contributed by atoms with Gasteiger partial charge >= 0.3 is 0 Å². The van der Waals surface area contributed by atoms with E-state index in [9.17, 15) is 4.79 Å². The average molecular weight is 385 g/mol. The van der Waals surface area contributed by atoms with E-state index in [0.29, 0.717) is 17.7 Å². The molecule has 1 N–H and O–H groups in total. The molecule has 0 bridgehead atoms. The number of rotatable bonds is 7. The van der Waals surface area contributed by atoms with Gasteiger partial charge in [-0.3, -0.25) is 9.79 Å². The maximum absolute atomic E-state index is 11.7. The Morgan fingerprint density at radius 3 is 2.71 bits per heavy atom. The van der Waals surface area contributed by atoms with Crippen LogP contribution in [0.1, 0.15) is 57.4 Å². The molecule has 1 aromatic carbocycles. The molecule has 2 aliphatic rings. The third-order valence-electron chi connectivity index (χ3n) is 6.14. The lowest BCUT2D eigenvalue weighted by Crippen LogP contribution is -2.48. The number of carbonyl (C=O) groups excluding carboxylic acids is 1. The van der Waals surface area contributed by atoms with Crippen molar-refractivity contribution in [3.8, 4) is 0 Å². The summed E-state index contributed by atoms with van der Waals surface area (Å²) in [6.45, 7) is 9.98. The first-order valence-corrected chi connectivity index (χ1v) is 11.1. The predicted octanol–water partition coefficient (Wildman–Crippen LogP) is 3.48. The molecule has 1 amide bonds. The molecule has 1 aromatic rings. The van der Waals surface area contributed by atoms with E-state index >= 15 is 0 Å². The zero-order valence-corrected chi connectivity index (χ0v) is 17.6. The van der Waals surface area contributed by atoms with Crippen LogP contribution in [0.2, 0.25) is 0 Å². The maximum atomic E-state index is 11.7. The van der Waals surface area contributed by atoms with E-state index in [-0.39, 0.29) is 0 Å². The summed E-state index contributed by atoms with van der Waals surface area (Å²) in [5.74, 6) is 2.65. The molecule has 0 radical (unpaired) electrons. The van der Waals surface area contributed by atoms with Crippen molar-refractivity contribution in [2.24, 2.45) is 10.9 Å². The van der Waals surface area contributed by atoms with Gasteiger partial charge in [0.05, 0.1) is 0 Å². The summed E-state index contributed by atoms with van der Waals surface area (Å²) in [6, 6.07) is 11.0. The Balaban J connectivity index is 1.56. The van der Waals surface area contributed by atoms with Gasteiger partial charge in [0.1, 0.15) is 0 Å². The second-order valence-electron chi connectivity index (χ2n) is 7.99. The molecule has 2 aliphatic heterocycles. The molecule has 2 saturated heterocycles. The van der Waals surface area contributed by atoms with E-state index in [2.05, 4.69) is 54.4 Å². The lowest BCUT2D eigenvalue weighted by Gasteiger charge is -2.40. The van der Waals surface area contributed by atoms with Crippen LogP contribution in [0.15, 0.2) is 35.3 Å². The first-order chi connectivity index (χ1) is 13.7. The van der Waals surface area contributed by atoms with Crippen LogP contribution >= 0.6 is 0 Å². The Kier molecular flexibility index (Phi) is 7.75. The van der Waals surface area contributed by atoms with Gasteiger partial charge in [-0.1, -0.05) is 43.7 Å². The van der Waals surface area contributed by atoms with E-state index in [1.165, 1.54) is 18.4 Å². The largest absolute Gasteiger partial charge is 0.357 e. The van der Waals surface area contributed by atoms with Crippen molar-refractivity contribution in [1.82, 2.24) is 15.1 Å². The van der Waals surface area contributed by atoms with Crippen LogP contribution in [0.5, 0.6) is 0 Å².